The maximum atomic E-state index is 11.4. The molecule has 3 atom stereocenters. The van der Waals surface area contributed by atoms with E-state index < -0.39 is 22.0 Å². The third kappa shape index (κ3) is 3.26. The molecule has 0 aromatic heterocycles. The zero-order valence-corrected chi connectivity index (χ0v) is 11.9. The number of ether oxygens (including phenoxy) is 1. The Labute approximate surface area is 113 Å². The molecule has 1 aromatic rings. The molecule has 3 unspecified atom stereocenters. The standard InChI is InChI=1S/C13H19NO4S/c1-8-5-10(9(2)14)3-4-12(8)18-13-7-19(16,17)6-11(13)15/h3-5,9,11,13,15H,6-7,14H2,1-2H3. The first-order valence-electron chi connectivity index (χ1n) is 6.20. The molecule has 0 saturated carbocycles. The molecule has 2 rings (SSSR count). The summed E-state index contributed by atoms with van der Waals surface area (Å²) in [4.78, 5) is 0. The van der Waals surface area contributed by atoms with E-state index >= 15 is 0 Å². The first-order chi connectivity index (χ1) is 8.78. The monoisotopic (exact) mass is 285 g/mol. The number of hydrogen-bond acceptors (Lipinski definition) is 5. The highest BCUT2D eigenvalue weighted by molar-refractivity contribution is 7.91. The second-order valence-corrected chi connectivity index (χ2v) is 7.27. The number of rotatable bonds is 3. The predicted octanol–water partition coefficient (Wildman–Crippen LogP) is 0.551. The molecule has 1 saturated heterocycles. The Morgan fingerprint density at radius 2 is 2.11 bits per heavy atom. The van der Waals surface area contributed by atoms with Crippen LogP contribution in [0.3, 0.4) is 0 Å². The topological polar surface area (TPSA) is 89.6 Å². The molecule has 1 aliphatic heterocycles. The van der Waals surface area contributed by atoms with Gasteiger partial charge in [-0.05, 0) is 31.0 Å². The molecule has 0 radical (unpaired) electrons. The van der Waals surface area contributed by atoms with E-state index in [1.54, 1.807) is 6.07 Å². The average molecular weight is 285 g/mol. The quantitative estimate of drug-likeness (QED) is 0.846. The van der Waals surface area contributed by atoms with Gasteiger partial charge in [0.1, 0.15) is 18.0 Å². The van der Waals surface area contributed by atoms with Gasteiger partial charge in [0, 0.05) is 6.04 Å². The van der Waals surface area contributed by atoms with Crippen molar-refractivity contribution in [2.75, 3.05) is 11.5 Å². The Bertz CT molecular complexity index is 568. The van der Waals surface area contributed by atoms with E-state index in [4.69, 9.17) is 10.5 Å². The van der Waals surface area contributed by atoms with Crippen LogP contribution in [0.1, 0.15) is 24.1 Å². The number of sulfone groups is 1. The molecule has 0 spiro atoms. The lowest BCUT2D eigenvalue weighted by Gasteiger charge is -2.18. The molecular weight excluding hydrogens is 266 g/mol. The van der Waals surface area contributed by atoms with Gasteiger partial charge in [0.15, 0.2) is 9.84 Å². The van der Waals surface area contributed by atoms with Crippen LogP contribution in [0.4, 0.5) is 0 Å². The molecule has 19 heavy (non-hydrogen) atoms. The molecule has 1 heterocycles. The van der Waals surface area contributed by atoms with Gasteiger partial charge in [-0.2, -0.15) is 0 Å². The van der Waals surface area contributed by atoms with Crippen molar-refractivity contribution in [1.82, 2.24) is 0 Å². The molecule has 3 N–H and O–H groups in total. The highest BCUT2D eigenvalue weighted by Gasteiger charge is 2.38. The molecular formula is C13H19NO4S. The van der Waals surface area contributed by atoms with Crippen molar-refractivity contribution < 1.29 is 18.3 Å². The van der Waals surface area contributed by atoms with Crippen molar-refractivity contribution in [2.24, 2.45) is 5.73 Å². The maximum absolute atomic E-state index is 11.4. The van der Waals surface area contributed by atoms with Crippen molar-refractivity contribution in [3.63, 3.8) is 0 Å². The minimum Gasteiger partial charge on any atom is -0.486 e. The van der Waals surface area contributed by atoms with Gasteiger partial charge in [-0.1, -0.05) is 12.1 Å². The minimum absolute atomic E-state index is 0.0646. The fourth-order valence-corrected chi connectivity index (χ4v) is 3.82. The van der Waals surface area contributed by atoms with E-state index in [2.05, 4.69) is 0 Å². The van der Waals surface area contributed by atoms with Crippen LogP contribution in [0.25, 0.3) is 0 Å². The molecule has 0 bridgehead atoms. The lowest BCUT2D eigenvalue weighted by Crippen LogP contribution is -2.30. The van der Waals surface area contributed by atoms with Crippen LogP contribution in [-0.4, -0.2) is 37.2 Å². The Morgan fingerprint density at radius 1 is 1.42 bits per heavy atom. The van der Waals surface area contributed by atoms with Crippen molar-refractivity contribution >= 4 is 9.84 Å². The molecule has 1 aliphatic rings. The third-order valence-corrected chi connectivity index (χ3v) is 4.96. The van der Waals surface area contributed by atoms with Gasteiger partial charge in [-0.3, -0.25) is 0 Å². The van der Waals surface area contributed by atoms with Crippen molar-refractivity contribution in [3.8, 4) is 5.75 Å². The average Bonchev–Trinajstić information content (AvgIpc) is 2.54. The zero-order valence-electron chi connectivity index (χ0n) is 11.0. The second-order valence-electron chi connectivity index (χ2n) is 5.11. The smallest absolute Gasteiger partial charge is 0.156 e. The Kier molecular flexibility index (Phi) is 3.85. The van der Waals surface area contributed by atoms with E-state index in [1.807, 2.05) is 26.0 Å². The second kappa shape index (κ2) is 5.11. The molecule has 106 valence electrons. The lowest BCUT2D eigenvalue weighted by atomic mass is 10.1. The van der Waals surface area contributed by atoms with Crippen LogP contribution in [0.15, 0.2) is 18.2 Å². The van der Waals surface area contributed by atoms with Gasteiger partial charge in [0.25, 0.3) is 0 Å². The summed E-state index contributed by atoms with van der Waals surface area (Å²) in [5.41, 5.74) is 7.66. The highest BCUT2D eigenvalue weighted by atomic mass is 32.2. The van der Waals surface area contributed by atoms with Crippen LogP contribution in [-0.2, 0) is 9.84 Å². The number of nitrogens with two attached hydrogens (primary N) is 1. The number of aryl methyl sites for hydroxylation is 1. The number of hydrogen-bond donors (Lipinski definition) is 2. The summed E-state index contributed by atoms with van der Waals surface area (Å²) >= 11 is 0. The van der Waals surface area contributed by atoms with Gasteiger partial charge >= 0.3 is 0 Å². The number of aliphatic hydroxyl groups is 1. The van der Waals surface area contributed by atoms with E-state index in [9.17, 15) is 13.5 Å². The van der Waals surface area contributed by atoms with Gasteiger partial charge in [-0.25, -0.2) is 8.42 Å². The first-order valence-corrected chi connectivity index (χ1v) is 8.02. The first kappa shape index (κ1) is 14.3. The Morgan fingerprint density at radius 3 is 2.58 bits per heavy atom. The van der Waals surface area contributed by atoms with Gasteiger partial charge in [0.2, 0.25) is 0 Å². The van der Waals surface area contributed by atoms with Gasteiger partial charge in [0.05, 0.1) is 11.5 Å². The van der Waals surface area contributed by atoms with E-state index in [1.165, 1.54) is 0 Å². The summed E-state index contributed by atoms with van der Waals surface area (Å²) in [6, 6.07) is 5.47. The van der Waals surface area contributed by atoms with Crippen molar-refractivity contribution in [1.29, 1.82) is 0 Å². The molecule has 1 fully saturated rings. The van der Waals surface area contributed by atoms with Crippen LogP contribution in [0.2, 0.25) is 0 Å². The number of aliphatic hydroxyl groups excluding tert-OH is 1. The van der Waals surface area contributed by atoms with Crippen LogP contribution < -0.4 is 10.5 Å². The molecule has 0 amide bonds. The Balaban J connectivity index is 2.16. The van der Waals surface area contributed by atoms with E-state index in [0.29, 0.717) is 5.75 Å². The fraction of sp³-hybridized carbons (Fsp3) is 0.538. The maximum Gasteiger partial charge on any atom is 0.156 e. The largest absolute Gasteiger partial charge is 0.486 e. The summed E-state index contributed by atoms with van der Waals surface area (Å²) in [7, 11) is -3.19. The zero-order chi connectivity index (χ0) is 14.2. The molecule has 1 aromatic carbocycles. The summed E-state index contributed by atoms with van der Waals surface area (Å²) in [5.74, 6) is 0.225. The predicted molar refractivity (Wildman–Crippen MR) is 72.9 cm³/mol. The van der Waals surface area contributed by atoms with Crippen LogP contribution in [0, 0.1) is 6.92 Å². The summed E-state index contributed by atoms with van der Waals surface area (Å²) in [6.07, 6.45) is -1.65. The SMILES string of the molecule is Cc1cc(C(C)N)ccc1OC1CS(=O)(=O)CC1O. The normalized spacial score (nSPS) is 27.2. The van der Waals surface area contributed by atoms with Crippen molar-refractivity contribution in [2.45, 2.75) is 32.1 Å². The highest BCUT2D eigenvalue weighted by Crippen LogP contribution is 2.25. The van der Waals surface area contributed by atoms with Crippen molar-refractivity contribution in [3.05, 3.63) is 29.3 Å². The number of benzene rings is 1. The molecule has 6 heteroatoms. The summed E-state index contributed by atoms with van der Waals surface area (Å²) in [6.45, 7) is 3.76. The molecule has 5 nitrogen and oxygen atoms in total. The van der Waals surface area contributed by atoms with Gasteiger partial charge < -0.3 is 15.6 Å². The van der Waals surface area contributed by atoms with Gasteiger partial charge in [-0.15, -0.1) is 0 Å². The lowest BCUT2D eigenvalue weighted by molar-refractivity contribution is 0.0733. The molecule has 0 aliphatic carbocycles. The van der Waals surface area contributed by atoms with Crippen LogP contribution in [0.5, 0.6) is 5.75 Å². The Hall–Kier alpha value is -1.11. The summed E-state index contributed by atoms with van der Waals surface area (Å²) in [5, 5.41) is 9.70. The third-order valence-electron chi connectivity index (χ3n) is 3.28. The van der Waals surface area contributed by atoms with E-state index in [0.717, 1.165) is 11.1 Å². The van der Waals surface area contributed by atoms with Crippen LogP contribution >= 0.6 is 0 Å². The minimum atomic E-state index is -3.19. The summed E-state index contributed by atoms with van der Waals surface area (Å²) < 4.78 is 28.4. The fourth-order valence-electron chi connectivity index (χ4n) is 2.16. The van der Waals surface area contributed by atoms with E-state index in [-0.39, 0.29) is 17.5 Å².